The normalized spacial score (nSPS) is 25.8. The molecule has 0 aromatic carbocycles. The van der Waals surface area contributed by atoms with E-state index in [4.69, 9.17) is 5.11 Å². The third-order valence-corrected chi connectivity index (χ3v) is 4.05. The Morgan fingerprint density at radius 1 is 1.32 bits per heavy atom. The highest BCUT2D eigenvalue weighted by atomic mass is 16.4. The molecule has 0 saturated carbocycles. The molecule has 2 fully saturated rings. The van der Waals surface area contributed by atoms with E-state index in [1.807, 2.05) is 19.9 Å². The maximum Gasteiger partial charge on any atom is 0.407 e. The molecule has 19 heavy (non-hydrogen) atoms. The van der Waals surface area contributed by atoms with Gasteiger partial charge in [-0.15, -0.1) is 0 Å². The second-order valence-corrected chi connectivity index (χ2v) is 5.45. The average molecular weight is 262 g/mol. The van der Waals surface area contributed by atoms with Crippen molar-refractivity contribution in [3.63, 3.8) is 0 Å². The zero-order chi connectivity index (χ0) is 13.6. The van der Waals surface area contributed by atoms with E-state index in [2.05, 4.69) is 14.9 Å². The van der Waals surface area contributed by atoms with Crippen LogP contribution in [-0.4, -0.2) is 51.7 Å². The minimum Gasteiger partial charge on any atom is -0.465 e. The Morgan fingerprint density at radius 3 is 2.63 bits per heavy atom. The number of carbonyl (C=O) groups is 1. The van der Waals surface area contributed by atoms with Gasteiger partial charge in [0.25, 0.3) is 0 Å². The van der Waals surface area contributed by atoms with Gasteiger partial charge in [-0.3, -0.25) is 0 Å². The fourth-order valence-corrected chi connectivity index (χ4v) is 3.05. The summed E-state index contributed by atoms with van der Waals surface area (Å²) in [5.74, 6) is 1.24. The first-order valence-corrected chi connectivity index (χ1v) is 6.61. The van der Waals surface area contributed by atoms with Gasteiger partial charge < -0.3 is 14.9 Å². The number of carboxylic acid groups (broad SMARTS) is 1. The number of piperidine rings is 1. The molecule has 0 bridgehead atoms. The molecular weight excluding hydrogens is 244 g/mol. The van der Waals surface area contributed by atoms with Gasteiger partial charge in [0.15, 0.2) is 0 Å². The number of aryl methyl sites for hydroxylation is 2. The van der Waals surface area contributed by atoms with Crippen molar-refractivity contribution >= 4 is 12.0 Å². The van der Waals surface area contributed by atoms with E-state index >= 15 is 0 Å². The van der Waals surface area contributed by atoms with Gasteiger partial charge in [0.05, 0.1) is 6.04 Å². The lowest BCUT2D eigenvalue weighted by atomic mass is 9.83. The van der Waals surface area contributed by atoms with Crippen LogP contribution in [0.4, 0.5) is 10.7 Å². The first kappa shape index (κ1) is 12.2. The number of fused-ring (bicyclic) bond motifs is 1. The maximum absolute atomic E-state index is 11.1. The van der Waals surface area contributed by atoms with E-state index in [0.717, 1.165) is 30.3 Å². The summed E-state index contributed by atoms with van der Waals surface area (Å²) >= 11 is 0. The Labute approximate surface area is 112 Å². The monoisotopic (exact) mass is 262 g/mol. The number of nitrogens with zero attached hydrogens (tertiary/aromatic N) is 4. The molecule has 102 valence electrons. The predicted octanol–water partition coefficient (Wildman–Crippen LogP) is 1.28. The summed E-state index contributed by atoms with van der Waals surface area (Å²) in [6.07, 6.45) is 0.203. The van der Waals surface area contributed by atoms with Gasteiger partial charge >= 0.3 is 6.09 Å². The number of anilines is 1. The molecule has 2 saturated heterocycles. The highest BCUT2D eigenvalue weighted by molar-refractivity contribution is 5.67. The van der Waals surface area contributed by atoms with Crippen LogP contribution in [0.2, 0.25) is 0 Å². The van der Waals surface area contributed by atoms with Crippen molar-refractivity contribution in [3.8, 4) is 0 Å². The first-order valence-electron chi connectivity index (χ1n) is 6.61. The molecule has 1 aromatic heterocycles. The fourth-order valence-electron chi connectivity index (χ4n) is 3.05. The number of hydrogen-bond acceptors (Lipinski definition) is 4. The van der Waals surface area contributed by atoms with Crippen LogP contribution in [0.15, 0.2) is 6.07 Å². The summed E-state index contributed by atoms with van der Waals surface area (Å²) in [5.41, 5.74) is 1.90. The summed E-state index contributed by atoms with van der Waals surface area (Å²) in [4.78, 5) is 23.6. The van der Waals surface area contributed by atoms with Crippen LogP contribution in [0.5, 0.6) is 0 Å². The largest absolute Gasteiger partial charge is 0.465 e. The van der Waals surface area contributed by atoms with Crippen molar-refractivity contribution < 1.29 is 9.90 Å². The van der Waals surface area contributed by atoms with Crippen LogP contribution in [-0.2, 0) is 0 Å². The van der Waals surface area contributed by atoms with Crippen molar-refractivity contribution in [2.45, 2.75) is 26.3 Å². The number of likely N-dealkylation sites (tertiary alicyclic amines) is 1. The van der Waals surface area contributed by atoms with Crippen molar-refractivity contribution in [2.24, 2.45) is 5.92 Å². The van der Waals surface area contributed by atoms with Crippen LogP contribution >= 0.6 is 0 Å². The Balaban J connectivity index is 1.77. The minimum absolute atomic E-state index is 0.107. The van der Waals surface area contributed by atoms with Gasteiger partial charge in [-0.2, -0.15) is 0 Å². The van der Waals surface area contributed by atoms with Crippen molar-refractivity contribution in [3.05, 3.63) is 17.5 Å². The maximum atomic E-state index is 11.1. The lowest BCUT2D eigenvalue weighted by Gasteiger charge is -2.52. The fraction of sp³-hybridized carbons (Fsp3) is 0.615. The molecule has 2 unspecified atom stereocenters. The highest BCUT2D eigenvalue weighted by Crippen LogP contribution is 2.33. The van der Waals surface area contributed by atoms with Gasteiger partial charge in [0.1, 0.15) is 0 Å². The van der Waals surface area contributed by atoms with E-state index in [9.17, 15) is 4.79 Å². The molecule has 3 rings (SSSR count). The zero-order valence-electron chi connectivity index (χ0n) is 11.2. The lowest BCUT2D eigenvalue weighted by molar-refractivity contribution is 0.0133. The number of rotatable bonds is 1. The molecule has 3 heterocycles. The third-order valence-electron chi connectivity index (χ3n) is 4.05. The Kier molecular flexibility index (Phi) is 2.80. The summed E-state index contributed by atoms with van der Waals surface area (Å²) in [6, 6.07) is 2.05. The molecule has 2 aliphatic rings. The second kappa shape index (κ2) is 4.36. The SMILES string of the molecule is Cc1cc(C)nc(N2CCC3CN(C(=O)O)C3C2)n1. The molecule has 0 aliphatic carbocycles. The first-order chi connectivity index (χ1) is 9.04. The highest BCUT2D eigenvalue weighted by Gasteiger charge is 2.45. The number of amides is 1. The average Bonchev–Trinajstić information content (AvgIpc) is 2.28. The van der Waals surface area contributed by atoms with Crippen molar-refractivity contribution in [2.75, 3.05) is 24.5 Å². The molecule has 1 N–H and O–H groups in total. The summed E-state index contributed by atoms with van der Waals surface area (Å²) in [7, 11) is 0. The Morgan fingerprint density at radius 2 is 2.00 bits per heavy atom. The lowest BCUT2D eigenvalue weighted by Crippen LogP contribution is -2.65. The van der Waals surface area contributed by atoms with E-state index in [0.29, 0.717) is 19.0 Å². The van der Waals surface area contributed by atoms with Gasteiger partial charge in [-0.1, -0.05) is 0 Å². The summed E-state index contributed by atoms with van der Waals surface area (Å²) in [5, 5.41) is 9.09. The van der Waals surface area contributed by atoms with Gasteiger partial charge in [0, 0.05) is 36.9 Å². The molecule has 0 radical (unpaired) electrons. The topological polar surface area (TPSA) is 69.6 Å². The third kappa shape index (κ3) is 2.11. The Bertz CT molecular complexity index is 499. The van der Waals surface area contributed by atoms with Crippen LogP contribution in [0.1, 0.15) is 17.8 Å². The molecular formula is C13H18N4O2. The number of hydrogen-bond donors (Lipinski definition) is 1. The van der Waals surface area contributed by atoms with Gasteiger partial charge in [-0.25, -0.2) is 14.8 Å². The van der Waals surface area contributed by atoms with Crippen LogP contribution in [0, 0.1) is 19.8 Å². The standard InChI is InChI=1S/C13H18N4O2/c1-8-5-9(2)15-12(14-8)16-4-3-10-6-17(13(18)19)11(10)7-16/h5,10-11H,3-4,6-7H2,1-2H3,(H,18,19). The van der Waals surface area contributed by atoms with Crippen LogP contribution in [0.3, 0.4) is 0 Å². The molecule has 2 atom stereocenters. The molecule has 2 aliphatic heterocycles. The van der Waals surface area contributed by atoms with Crippen LogP contribution in [0.25, 0.3) is 0 Å². The van der Waals surface area contributed by atoms with E-state index in [1.54, 1.807) is 0 Å². The smallest absolute Gasteiger partial charge is 0.407 e. The predicted molar refractivity (Wildman–Crippen MR) is 70.3 cm³/mol. The zero-order valence-corrected chi connectivity index (χ0v) is 11.2. The van der Waals surface area contributed by atoms with Crippen molar-refractivity contribution in [1.29, 1.82) is 0 Å². The second-order valence-electron chi connectivity index (χ2n) is 5.45. The molecule has 1 amide bonds. The molecule has 6 heteroatoms. The Hall–Kier alpha value is -1.85. The quantitative estimate of drug-likeness (QED) is 0.825. The van der Waals surface area contributed by atoms with E-state index < -0.39 is 6.09 Å². The molecule has 1 aromatic rings. The summed E-state index contributed by atoms with van der Waals surface area (Å²) < 4.78 is 0. The number of aromatic nitrogens is 2. The minimum atomic E-state index is -0.815. The molecule has 0 spiro atoms. The van der Waals surface area contributed by atoms with Gasteiger partial charge in [0.2, 0.25) is 5.95 Å². The van der Waals surface area contributed by atoms with Crippen LogP contribution < -0.4 is 4.90 Å². The van der Waals surface area contributed by atoms with E-state index in [1.165, 1.54) is 4.90 Å². The van der Waals surface area contributed by atoms with E-state index in [-0.39, 0.29) is 6.04 Å². The summed E-state index contributed by atoms with van der Waals surface area (Å²) in [6.45, 7) is 6.22. The van der Waals surface area contributed by atoms with Gasteiger partial charge in [-0.05, 0) is 26.3 Å². The molecule has 6 nitrogen and oxygen atoms in total. The van der Waals surface area contributed by atoms with Crippen molar-refractivity contribution in [1.82, 2.24) is 14.9 Å².